The second kappa shape index (κ2) is 12.5. The van der Waals surface area contributed by atoms with Crippen LogP contribution in [0.2, 0.25) is 0 Å². The Kier molecular flexibility index (Phi) is 10.0. The number of carboxylic acids is 3. The molecule has 0 bridgehead atoms. The maximum atomic E-state index is 11.6. The van der Waals surface area contributed by atoms with E-state index in [0.29, 0.717) is 25.1 Å². The molecule has 0 amide bonds. The van der Waals surface area contributed by atoms with E-state index in [1.807, 2.05) is 26.0 Å². The minimum Gasteiger partial charge on any atom is -0.480 e. The first kappa shape index (κ1) is 25.7. The molecule has 1 fully saturated rings. The van der Waals surface area contributed by atoms with Crippen molar-refractivity contribution in [3.63, 3.8) is 0 Å². The average Bonchev–Trinajstić information content (AvgIpc) is 2.71. The number of aliphatic carboxylic acids is 3. The third-order valence-electron chi connectivity index (χ3n) is 5.48. The summed E-state index contributed by atoms with van der Waals surface area (Å²) in [5, 5.41) is 28.0. The van der Waals surface area contributed by atoms with E-state index in [4.69, 9.17) is 4.74 Å². The highest BCUT2D eigenvalue weighted by atomic mass is 16.5. The minimum atomic E-state index is -1.11. The monoisotopic (exact) mass is 451 g/mol. The van der Waals surface area contributed by atoms with Gasteiger partial charge in [-0.2, -0.15) is 0 Å². The first-order valence-corrected chi connectivity index (χ1v) is 10.8. The van der Waals surface area contributed by atoms with Crippen LogP contribution in [0.25, 0.3) is 0 Å². The molecule has 1 saturated carbocycles. The Morgan fingerprint density at radius 1 is 0.969 bits per heavy atom. The lowest BCUT2D eigenvalue weighted by atomic mass is 9.87. The number of rotatable bonds is 13. The number of ether oxygens (including phenoxy) is 1. The Bertz CT molecular complexity index is 753. The lowest BCUT2D eigenvalue weighted by Crippen LogP contribution is -2.56. The van der Waals surface area contributed by atoms with Crippen LogP contribution in [0.3, 0.4) is 0 Å². The van der Waals surface area contributed by atoms with Gasteiger partial charge in [-0.05, 0) is 38.3 Å². The van der Waals surface area contributed by atoms with Gasteiger partial charge in [-0.3, -0.25) is 29.2 Å². The van der Waals surface area contributed by atoms with E-state index in [2.05, 4.69) is 4.98 Å². The summed E-state index contributed by atoms with van der Waals surface area (Å²) in [7, 11) is 0. The fourth-order valence-electron chi connectivity index (χ4n) is 4.15. The van der Waals surface area contributed by atoms with Gasteiger partial charge in [0.2, 0.25) is 0 Å². The number of nitrogens with zero attached hydrogens (tertiary/aromatic N) is 3. The first-order chi connectivity index (χ1) is 15.2. The Morgan fingerprint density at radius 3 is 1.97 bits per heavy atom. The van der Waals surface area contributed by atoms with E-state index in [9.17, 15) is 29.7 Å². The fourth-order valence-corrected chi connectivity index (χ4v) is 4.15. The normalized spacial score (nSPS) is 18.9. The van der Waals surface area contributed by atoms with Crippen molar-refractivity contribution in [1.82, 2.24) is 14.8 Å². The van der Waals surface area contributed by atoms with Crippen molar-refractivity contribution in [3.8, 4) is 0 Å². The molecule has 0 aromatic carbocycles. The van der Waals surface area contributed by atoms with Crippen LogP contribution < -0.4 is 0 Å². The van der Waals surface area contributed by atoms with Crippen molar-refractivity contribution in [2.75, 3.05) is 19.6 Å². The molecule has 1 aliphatic carbocycles. The molecule has 1 aromatic rings. The van der Waals surface area contributed by atoms with Crippen molar-refractivity contribution in [3.05, 3.63) is 29.6 Å². The topological polar surface area (TPSA) is 140 Å². The third-order valence-corrected chi connectivity index (χ3v) is 5.48. The maximum absolute atomic E-state index is 11.6. The summed E-state index contributed by atoms with van der Waals surface area (Å²) in [6, 6.07) is 3.07. The van der Waals surface area contributed by atoms with E-state index in [0.717, 1.165) is 18.4 Å². The van der Waals surface area contributed by atoms with Crippen LogP contribution >= 0.6 is 0 Å². The molecule has 178 valence electrons. The van der Waals surface area contributed by atoms with Gasteiger partial charge in [0.1, 0.15) is 0 Å². The highest BCUT2D eigenvalue weighted by Gasteiger charge is 2.36. The number of carboxylic acid groups (broad SMARTS) is 3. The predicted octanol–water partition coefficient (Wildman–Crippen LogP) is 1.68. The molecule has 2 rings (SSSR count). The van der Waals surface area contributed by atoms with Crippen molar-refractivity contribution in [2.45, 2.75) is 70.9 Å². The predicted molar refractivity (Wildman–Crippen MR) is 115 cm³/mol. The molecule has 3 N–H and O–H groups in total. The number of carbonyl (C=O) groups is 3. The van der Waals surface area contributed by atoms with Crippen molar-refractivity contribution < 1.29 is 34.4 Å². The summed E-state index contributed by atoms with van der Waals surface area (Å²) in [4.78, 5) is 41.9. The van der Waals surface area contributed by atoms with E-state index in [-0.39, 0.29) is 31.3 Å². The molecule has 1 heterocycles. The zero-order valence-electron chi connectivity index (χ0n) is 18.6. The van der Waals surface area contributed by atoms with Gasteiger partial charge >= 0.3 is 17.9 Å². The van der Waals surface area contributed by atoms with E-state index in [1.54, 1.807) is 11.1 Å². The molecule has 0 spiro atoms. The molecular weight excluding hydrogens is 418 g/mol. The van der Waals surface area contributed by atoms with E-state index >= 15 is 0 Å². The summed E-state index contributed by atoms with van der Waals surface area (Å²) < 4.78 is 5.57. The van der Waals surface area contributed by atoms with Crippen LogP contribution in [0.15, 0.2) is 18.3 Å². The highest BCUT2D eigenvalue weighted by molar-refractivity contribution is 5.72. The summed E-state index contributed by atoms with van der Waals surface area (Å²) >= 11 is 0. The summed E-state index contributed by atoms with van der Waals surface area (Å²) in [5.41, 5.74) is 1.60. The summed E-state index contributed by atoms with van der Waals surface area (Å²) in [5.74, 6) is -3.22. The highest BCUT2D eigenvalue weighted by Crippen LogP contribution is 2.28. The van der Waals surface area contributed by atoms with Gasteiger partial charge in [0.05, 0.1) is 38.0 Å². The largest absolute Gasteiger partial charge is 0.480 e. The lowest BCUT2D eigenvalue weighted by Gasteiger charge is -2.43. The van der Waals surface area contributed by atoms with Crippen LogP contribution in [0, 0.1) is 0 Å². The molecule has 1 unspecified atom stereocenters. The van der Waals surface area contributed by atoms with Crippen molar-refractivity contribution in [1.29, 1.82) is 0 Å². The molecular formula is C22H33N3O7. The van der Waals surface area contributed by atoms with Gasteiger partial charge in [-0.1, -0.05) is 18.9 Å². The Balaban J connectivity index is 2.21. The molecule has 1 aliphatic rings. The molecule has 0 saturated heterocycles. The quantitative estimate of drug-likeness (QED) is 0.405. The van der Waals surface area contributed by atoms with Crippen molar-refractivity contribution in [2.24, 2.45) is 0 Å². The molecule has 0 aliphatic heterocycles. The van der Waals surface area contributed by atoms with Gasteiger partial charge < -0.3 is 20.1 Å². The number of hydrogen-bond donors (Lipinski definition) is 3. The smallest absolute Gasteiger partial charge is 0.317 e. The van der Waals surface area contributed by atoms with Gasteiger partial charge in [-0.25, -0.2) is 0 Å². The SMILES string of the molecule is CC(C)OCc1ccc(CN(CC(=O)O)[C@H]2CCCCC2N(CC(=O)O)CC(=O)O)nc1. The Hall–Kier alpha value is -2.56. The number of pyridine rings is 1. The zero-order chi connectivity index (χ0) is 23.7. The van der Waals surface area contributed by atoms with Crippen LogP contribution in [0.1, 0.15) is 50.8 Å². The van der Waals surface area contributed by atoms with Gasteiger partial charge in [-0.15, -0.1) is 0 Å². The van der Waals surface area contributed by atoms with Crippen LogP contribution in [0.4, 0.5) is 0 Å². The van der Waals surface area contributed by atoms with Gasteiger partial charge in [0.15, 0.2) is 0 Å². The Morgan fingerprint density at radius 2 is 1.50 bits per heavy atom. The second-order valence-corrected chi connectivity index (χ2v) is 8.43. The summed E-state index contributed by atoms with van der Waals surface area (Å²) in [6.07, 6.45) is 4.78. The van der Waals surface area contributed by atoms with Crippen LogP contribution in [-0.4, -0.2) is 85.8 Å². The molecule has 10 nitrogen and oxygen atoms in total. The standard InChI is InChI=1S/C22H33N3O7/c1-15(2)32-14-16-7-8-17(23-9-16)10-24(11-20(26)27)18-5-3-4-6-19(18)25(12-21(28)29)13-22(30)31/h7-9,15,18-19H,3-6,10-14H2,1-2H3,(H,26,27)(H,28,29)(H,30,31)/t18-,19?/m0/s1. The van der Waals surface area contributed by atoms with Crippen molar-refractivity contribution >= 4 is 17.9 Å². The molecule has 2 atom stereocenters. The molecule has 10 heteroatoms. The number of aromatic nitrogens is 1. The molecule has 1 aromatic heterocycles. The van der Waals surface area contributed by atoms with Crippen LogP contribution in [0.5, 0.6) is 0 Å². The summed E-state index contributed by atoms with van der Waals surface area (Å²) in [6.45, 7) is 3.55. The molecule has 32 heavy (non-hydrogen) atoms. The fraction of sp³-hybridized carbons (Fsp3) is 0.636. The first-order valence-electron chi connectivity index (χ1n) is 10.8. The third kappa shape index (κ3) is 8.52. The van der Waals surface area contributed by atoms with Crippen LogP contribution in [-0.2, 0) is 32.3 Å². The maximum Gasteiger partial charge on any atom is 0.317 e. The lowest BCUT2D eigenvalue weighted by molar-refractivity contribution is -0.146. The average molecular weight is 452 g/mol. The van der Waals surface area contributed by atoms with Gasteiger partial charge in [0.25, 0.3) is 0 Å². The second-order valence-electron chi connectivity index (χ2n) is 8.43. The Labute approximate surface area is 187 Å². The number of hydrogen-bond acceptors (Lipinski definition) is 7. The zero-order valence-corrected chi connectivity index (χ0v) is 18.6. The van der Waals surface area contributed by atoms with E-state index in [1.165, 1.54) is 4.90 Å². The van der Waals surface area contributed by atoms with Gasteiger partial charge in [0, 0.05) is 24.8 Å². The molecule has 0 radical (unpaired) electrons. The van der Waals surface area contributed by atoms with E-state index < -0.39 is 31.0 Å². The minimum absolute atomic E-state index is 0.100.